The monoisotopic (exact) mass is 270 g/mol. The highest BCUT2D eigenvalue weighted by molar-refractivity contribution is 5.39. The molecule has 1 aliphatic heterocycles. The summed E-state index contributed by atoms with van der Waals surface area (Å²) in [6.45, 7) is 4.43. The van der Waals surface area contributed by atoms with Crippen molar-refractivity contribution in [3.63, 3.8) is 0 Å². The van der Waals surface area contributed by atoms with Gasteiger partial charge in [0.2, 0.25) is 0 Å². The van der Waals surface area contributed by atoms with Crippen molar-refractivity contribution in [1.82, 2.24) is 4.90 Å². The van der Waals surface area contributed by atoms with Crippen LogP contribution < -0.4 is 5.73 Å². The first kappa shape index (κ1) is 12.8. The molecule has 4 unspecified atom stereocenters. The predicted octanol–water partition coefficient (Wildman–Crippen LogP) is 3.22. The van der Waals surface area contributed by atoms with E-state index in [0.29, 0.717) is 5.92 Å². The summed E-state index contributed by atoms with van der Waals surface area (Å²) < 4.78 is 0. The van der Waals surface area contributed by atoms with Crippen molar-refractivity contribution in [3.8, 4) is 0 Å². The van der Waals surface area contributed by atoms with E-state index in [0.717, 1.165) is 18.5 Å². The van der Waals surface area contributed by atoms with Crippen molar-refractivity contribution in [2.45, 2.75) is 56.5 Å². The molecule has 0 spiro atoms. The molecule has 4 atom stereocenters. The van der Waals surface area contributed by atoms with E-state index < -0.39 is 0 Å². The van der Waals surface area contributed by atoms with Crippen molar-refractivity contribution in [1.29, 1.82) is 0 Å². The molecule has 2 nitrogen and oxygen atoms in total. The van der Waals surface area contributed by atoms with Gasteiger partial charge in [-0.05, 0) is 55.1 Å². The van der Waals surface area contributed by atoms with Crippen molar-refractivity contribution in [3.05, 3.63) is 35.4 Å². The van der Waals surface area contributed by atoms with E-state index in [2.05, 4.69) is 36.1 Å². The van der Waals surface area contributed by atoms with Gasteiger partial charge < -0.3 is 5.73 Å². The maximum absolute atomic E-state index is 6.37. The van der Waals surface area contributed by atoms with Gasteiger partial charge in [0.1, 0.15) is 0 Å². The zero-order chi connectivity index (χ0) is 13.7. The number of nitrogens with two attached hydrogens (primary N) is 1. The summed E-state index contributed by atoms with van der Waals surface area (Å²) in [5.41, 5.74) is 9.58. The molecule has 2 aliphatic carbocycles. The van der Waals surface area contributed by atoms with Gasteiger partial charge in [0.05, 0.1) is 5.54 Å². The number of benzene rings is 1. The van der Waals surface area contributed by atoms with Gasteiger partial charge in [-0.25, -0.2) is 0 Å². The van der Waals surface area contributed by atoms with E-state index in [-0.39, 0.29) is 5.54 Å². The fraction of sp³-hybridized carbons (Fsp3) is 0.667. The molecular weight excluding hydrogens is 244 g/mol. The third kappa shape index (κ3) is 1.64. The van der Waals surface area contributed by atoms with E-state index in [1.165, 1.54) is 44.2 Å². The summed E-state index contributed by atoms with van der Waals surface area (Å²) in [5.74, 6) is 1.63. The van der Waals surface area contributed by atoms with Gasteiger partial charge in [0, 0.05) is 19.1 Å². The van der Waals surface area contributed by atoms with Gasteiger partial charge >= 0.3 is 0 Å². The van der Waals surface area contributed by atoms with E-state index in [1.54, 1.807) is 5.56 Å². The van der Waals surface area contributed by atoms with Crippen LogP contribution in [0.2, 0.25) is 0 Å². The van der Waals surface area contributed by atoms with Gasteiger partial charge in [-0.15, -0.1) is 0 Å². The molecule has 1 aromatic rings. The lowest BCUT2D eigenvalue weighted by Crippen LogP contribution is -2.56. The minimum Gasteiger partial charge on any atom is -0.328 e. The lowest BCUT2D eigenvalue weighted by molar-refractivity contribution is 0.0405. The largest absolute Gasteiger partial charge is 0.328 e. The van der Waals surface area contributed by atoms with Crippen LogP contribution >= 0.6 is 0 Å². The van der Waals surface area contributed by atoms with Crippen molar-refractivity contribution >= 4 is 0 Å². The van der Waals surface area contributed by atoms with Gasteiger partial charge in [-0.3, -0.25) is 4.90 Å². The van der Waals surface area contributed by atoms with E-state index in [1.807, 2.05) is 0 Å². The molecule has 1 heterocycles. The fourth-order valence-corrected chi connectivity index (χ4v) is 5.17. The smallest absolute Gasteiger partial charge is 0.0589 e. The first-order chi connectivity index (χ1) is 9.74. The molecule has 1 saturated heterocycles. The number of hydrogen-bond donors (Lipinski definition) is 1. The van der Waals surface area contributed by atoms with Gasteiger partial charge in [0.25, 0.3) is 0 Å². The summed E-state index contributed by atoms with van der Waals surface area (Å²) in [4.78, 5) is 2.80. The van der Waals surface area contributed by atoms with Crippen LogP contribution in [-0.2, 0) is 5.54 Å². The number of fused-ring (bicyclic) bond motifs is 3. The molecule has 0 amide bonds. The fourth-order valence-electron chi connectivity index (χ4n) is 5.17. The Morgan fingerprint density at radius 1 is 1.25 bits per heavy atom. The molecule has 4 rings (SSSR count). The first-order valence-corrected chi connectivity index (χ1v) is 8.31. The van der Waals surface area contributed by atoms with Crippen LogP contribution in [0.5, 0.6) is 0 Å². The minimum atomic E-state index is 0.128. The highest BCUT2D eigenvalue weighted by Gasteiger charge is 2.50. The zero-order valence-corrected chi connectivity index (χ0v) is 12.5. The molecule has 2 fully saturated rings. The van der Waals surface area contributed by atoms with Crippen LogP contribution in [0.1, 0.15) is 56.1 Å². The Balaban J connectivity index is 1.80. The molecule has 2 bridgehead atoms. The standard InChI is InChI=1S/C18H26N2/c1-13-8-9-18(12-19,17-5-3-2-4-16(13)17)20-11-14-6-7-15(20)10-14/h2-5,13-15H,6-12,19H2,1H3. The summed E-state index contributed by atoms with van der Waals surface area (Å²) in [5, 5.41) is 0. The SMILES string of the molecule is CC1CCC(CN)(N2CC3CCC2C3)c2ccccc21. The molecule has 1 saturated carbocycles. The predicted molar refractivity (Wildman–Crippen MR) is 82.7 cm³/mol. The summed E-state index contributed by atoms with van der Waals surface area (Å²) >= 11 is 0. The van der Waals surface area contributed by atoms with Crippen molar-refractivity contribution in [2.24, 2.45) is 11.7 Å². The van der Waals surface area contributed by atoms with Crippen LogP contribution in [0, 0.1) is 5.92 Å². The maximum atomic E-state index is 6.37. The van der Waals surface area contributed by atoms with E-state index >= 15 is 0 Å². The second-order valence-corrected chi connectivity index (χ2v) is 7.25. The second-order valence-electron chi connectivity index (χ2n) is 7.25. The maximum Gasteiger partial charge on any atom is 0.0589 e. The van der Waals surface area contributed by atoms with Crippen molar-refractivity contribution in [2.75, 3.05) is 13.1 Å². The lowest BCUT2D eigenvalue weighted by atomic mass is 9.71. The van der Waals surface area contributed by atoms with E-state index in [9.17, 15) is 0 Å². The number of rotatable bonds is 2. The average molecular weight is 270 g/mol. The third-order valence-corrected chi connectivity index (χ3v) is 6.28. The van der Waals surface area contributed by atoms with Gasteiger partial charge in [-0.1, -0.05) is 31.2 Å². The Morgan fingerprint density at radius 2 is 2.10 bits per heavy atom. The van der Waals surface area contributed by atoms with Crippen LogP contribution in [0.15, 0.2) is 24.3 Å². The Bertz CT molecular complexity index is 512. The molecule has 3 aliphatic rings. The van der Waals surface area contributed by atoms with Crippen LogP contribution in [0.3, 0.4) is 0 Å². The van der Waals surface area contributed by atoms with Crippen molar-refractivity contribution < 1.29 is 0 Å². The summed E-state index contributed by atoms with van der Waals surface area (Å²) in [6.07, 6.45) is 6.77. The Labute approximate surface area is 122 Å². The highest BCUT2D eigenvalue weighted by Crippen LogP contribution is 2.50. The molecule has 2 N–H and O–H groups in total. The normalized spacial score (nSPS) is 40.0. The molecule has 108 valence electrons. The topological polar surface area (TPSA) is 29.3 Å². The Kier molecular flexibility index (Phi) is 2.94. The molecule has 2 heteroatoms. The van der Waals surface area contributed by atoms with Gasteiger partial charge in [-0.2, -0.15) is 0 Å². The first-order valence-electron chi connectivity index (χ1n) is 8.31. The number of piperidine rings is 1. The molecule has 0 radical (unpaired) electrons. The Hall–Kier alpha value is -0.860. The number of hydrogen-bond acceptors (Lipinski definition) is 2. The lowest BCUT2D eigenvalue weighted by Gasteiger charge is -2.50. The average Bonchev–Trinajstić information content (AvgIpc) is 3.12. The quantitative estimate of drug-likeness (QED) is 0.894. The molecule has 0 aromatic heterocycles. The van der Waals surface area contributed by atoms with Crippen LogP contribution in [-0.4, -0.2) is 24.0 Å². The van der Waals surface area contributed by atoms with Gasteiger partial charge in [0.15, 0.2) is 0 Å². The van der Waals surface area contributed by atoms with Crippen LogP contribution in [0.25, 0.3) is 0 Å². The Morgan fingerprint density at radius 3 is 2.80 bits per heavy atom. The number of nitrogens with zero attached hydrogens (tertiary/aromatic N) is 1. The zero-order valence-electron chi connectivity index (χ0n) is 12.5. The minimum absolute atomic E-state index is 0.128. The molecule has 20 heavy (non-hydrogen) atoms. The number of likely N-dealkylation sites (tertiary alicyclic amines) is 1. The van der Waals surface area contributed by atoms with Crippen LogP contribution in [0.4, 0.5) is 0 Å². The third-order valence-electron chi connectivity index (χ3n) is 6.28. The highest BCUT2D eigenvalue weighted by atomic mass is 15.3. The molecular formula is C18H26N2. The molecule has 1 aromatic carbocycles. The summed E-state index contributed by atoms with van der Waals surface area (Å²) in [6, 6.07) is 9.88. The summed E-state index contributed by atoms with van der Waals surface area (Å²) in [7, 11) is 0. The second kappa shape index (κ2) is 4.57. The van der Waals surface area contributed by atoms with E-state index in [4.69, 9.17) is 5.73 Å².